The SMILES string of the molecule is Cc1[nH]ncc1-c1cc2nc(-c3nccs3)[nH]c(=O)c2s1. The predicted octanol–water partition coefficient (Wildman–Crippen LogP) is 2.81. The standard InChI is InChI=1S/C13H9N5OS2/c1-6-7(5-15-18-6)9-4-8-10(21-9)12(19)17-11(16-8)13-14-2-3-20-13/h2-5H,1H3,(H,15,18)(H,16,17,19). The number of fused-ring (bicyclic) bond motifs is 1. The Morgan fingerprint density at radius 3 is 2.95 bits per heavy atom. The molecule has 0 saturated carbocycles. The molecule has 0 saturated heterocycles. The van der Waals surface area contributed by atoms with Gasteiger partial charge in [0.05, 0.1) is 11.7 Å². The Balaban J connectivity index is 1.94. The minimum absolute atomic E-state index is 0.136. The molecule has 0 atom stereocenters. The molecule has 21 heavy (non-hydrogen) atoms. The third-order valence-electron chi connectivity index (χ3n) is 3.11. The largest absolute Gasteiger partial charge is 0.303 e. The lowest BCUT2D eigenvalue weighted by molar-refractivity contribution is 1.05. The zero-order valence-electron chi connectivity index (χ0n) is 10.9. The number of rotatable bonds is 2. The van der Waals surface area contributed by atoms with Crippen LogP contribution in [0, 0.1) is 6.92 Å². The number of aromatic amines is 2. The summed E-state index contributed by atoms with van der Waals surface area (Å²) in [6, 6.07) is 1.92. The maximum Gasteiger partial charge on any atom is 0.269 e. The molecule has 0 aromatic carbocycles. The zero-order valence-corrected chi connectivity index (χ0v) is 12.5. The summed E-state index contributed by atoms with van der Waals surface area (Å²) < 4.78 is 0.617. The number of thiazole rings is 1. The molecule has 0 spiro atoms. The van der Waals surface area contributed by atoms with Gasteiger partial charge in [-0.2, -0.15) is 5.10 Å². The van der Waals surface area contributed by atoms with Gasteiger partial charge in [0.1, 0.15) is 4.70 Å². The van der Waals surface area contributed by atoms with Crippen LogP contribution in [0.3, 0.4) is 0 Å². The minimum atomic E-state index is -0.136. The van der Waals surface area contributed by atoms with Crippen LogP contribution in [-0.2, 0) is 0 Å². The first-order valence-corrected chi connectivity index (χ1v) is 7.86. The van der Waals surface area contributed by atoms with Crippen LogP contribution in [0.5, 0.6) is 0 Å². The fourth-order valence-corrected chi connectivity index (χ4v) is 3.75. The average molecular weight is 315 g/mol. The van der Waals surface area contributed by atoms with Crippen molar-refractivity contribution in [2.24, 2.45) is 0 Å². The molecule has 2 N–H and O–H groups in total. The van der Waals surface area contributed by atoms with E-state index in [-0.39, 0.29) is 5.56 Å². The summed E-state index contributed by atoms with van der Waals surface area (Å²) in [5.74, 6) is 0.510. The smallest absolute Gasteiger partial charge is 0.269 e. The number of aromatic nitrogens is 5. The minimum Gasteiger partial charge on any atom is -0.303 e. The lowest BCUT2D eigenvalue weighted by Gasteiger charge is -1.95. The first kappa shape index (κ1) is 12.4. The van der Waals surface area contributed by atoms with E-state index in [4.69, 9.17) is 0 Å². The molecule has 4 rings (SSSR count). The molecule has 0 aliphatic rings. The normalized spacial score (nSPS) is 11.3. The van der Waals surface area contributed by atoms with Crippen molar-refractivity contribution in [2.75, 3.05) is 0 Å². The monoisotopic (exact) mass is 315 g/mol. The third kappa shape index (κ3) is 1.99. The molecule has 0 aliphatic carbocycles. The second-order valence-corrected chi connectivity index (χ2v) is 6.43. The molecule has 0 aliphatic heterocycles. The molecular formula is C13H9N5OS2. The number of hydrogen-bond donors (Lipinski definition) is 2. The second kappa shape index (κ2) is 4.61. The van der Waals surface area contributed by atoms with Crippen molar-refractivity contribution in [3.8, 4) is 21.3 Å². The van der Waals surface area contributed by atoms with Gasteiger partial charge in [0.2, 0.25) is 0 Å². The quantitative estimate of drug-likeness (QED) is 0.595. The Kier molecular flexibility index (Phi) is 2.72. The van der Waals surface area contributed by atoms with E-state index in [2.05, 4.69) is 25.1 Å². The topological polar surface area (TPSA) is 87.3 Å². The van der Waals surface area contributed by atoms with E-state index in [1.54, 1.807) is 12.4 Å². The van der Waals surface area contributed by atoms with Crippen LogP contribution in [0.2, 0.25) is 0 Å². The fourth-order valence-electron chi connectivity index (χ4n) is 2.11. The van der Waals surface area contributed by atoms with Crippen molar-refractivity contribution in [1.29, 1.82) is 0 Å². The number of nitrogens with one attached hydrogen (secondary N) is 2. The Morgan fingerprint density at radius 1 is 1.33 bits per heavy atom. The summed E-state index contributed by atoms with van der Waals surface area (Å²) in [7, 11) is 0. The van der Waals surface area contributed by atoms with Gasteiger partial charge in [-0.15, -0.1) is 22.7 Å². The number of nitrogens with zero attached hydrogens (tertiary/aromatic N) is 3. The molecule has 0 fully saturated rings. The first-order valence-electron chi connectivity index (χ1n) is 6.16. The highest BCUT2D eigenvalue weighted by Gasteiger charge is 2.14. The predicted molar refractivity (Wildman–Crippen MR) is 83.7 cm³/mol. The molecule has 4 aromatic heterocycles. The molecule has 6 nitrogen and oxygen atoms in total. The molecule has 4 aromatic rings. The molecule has 0 unspecified atom stereocenters. The zero-order chi connectivity index (χ0) is 14.4. The van der Waals surface area contributed by atoms with Gasteiger partial charge in [0.25, 0.3) is 5.56 Å². The van der Waals surface area contributed by atoms with E-state index in [1.807, 2.05) is 18.4 Å². The summed E-state index contributed by atoms with van der Waals surface area (Å²) in [4.78, 5) is 24.7. The van der Waals surface area contributed by atoms with Gasteiger partial charge in [-0.25, -0.2) is 9.97 Å². The third-order valence-corrected chi connectivity index (χ3v) is 5.05. The van der Waals surface area contributed by atoms with E-state index in [9.17, 15) is 4.79 Å². The maximum atomic E-state index is 12.2. The summed E-state index contributed by atoms with van der Waals surface area (Å²) in [5, 5.41) is 9.48. The van der Waals surface area contributed by atoms with E-state index in [1.165, 1.54) is 22.7 Å². The Bertz CT molecular complexity index is 980. The van der Waals surface area contributed by atoms with Crippen LogP contribution in [0.25, 0.3) is 31.5 Å². The van der Waals surface area contributed by atoms with Crippen LogP contribution in [0.4, 0.5) is 0 Å². The van der Waals surface area contributed by atoms with Crippen molar-refractivity contribution >= 4 is 32.9 Å². The molecular weight excluding hydrogens is 306 g/mol. The highest BCUT2D eigenvalue weighted by molar-refractivity contribution is 7.22. The summed E-state index contributed by atoms with van der Waals surface area (Å²) in [5.41, 5.74) is 2.51. The van der Waals surface area contributed by atoms with Crippen molar-refractivity contribution in [3.63, 3.8) is 0 Å². The number of hydrogen-bond acceptors (Lipinski definition) is 6. The summed E-state index contributed by atoms with van der Waals surface area (Å²) >= 11 is 2.86. The maximum absolute atomic E-state index is 12.2. The first-order chi connectivity index (χ1) is 10.2. The average Bonchev–Trinajstić information content (AvgIpc) is 3.17. The molecule has 0 amide bonds. The Labute approximate surface area is 126 Å². The lowest BCUT2D eigenvalue weighted by Crippen LogP contribution is -2.07. The van der Waals surface area contributed by atoms with Gasteiger partial charge in [-0.05, 0) is 13.0 Å². The van der Waals surface area contributed by atoms with Crippen LogP contribution in [0.15, 0.2) is 28.6 Å². The van der Waals surface area contributed by atoms with Crippen LogP contribution < -0.4 is 5.56 Å². The fraction of sp³-hybridized carbons (Fsp3) is 0.0769. The molecule has 0 radical (unpaired) electrons. The van der Waals surface area contributed by atoms with Crippen molar-refractivity contribution in [3.05, 3.63) is 39.9 Å². The van der Waals surface area contributed by atoms with E-state index in [0.717, 1.165) is 16.1 Å². The summed E-state index contributed by atoms with van der Waals surface area (Å²) in [6.07, 6.45) is 3.45. The van der Waals surface area contributed by atoms with Gasteiger partial charge < -0.3 is 4.98 Å². The molecule has 0 bridgehead atoms. The molecule has 4 heterocycles. The summed E-state index contributed by atoms with van der Waals surface area (Å²) in [6.45, 7) is 1.95. The van der Waals surface area contributed by atoms with Crippen molar-refractivity contribution in [1.82, 2.24) is 25.1 Å². The Morgan fingerprint density at radius 2 is 2.24 bits per heavy atom. The van der Waals surface area contributed by atoms with E-state index >= 15 is 0 Å². The highest BCUT2D eigenvalue weighted by atomic mass is 32.1. The van der Waals surface area contributed by atoms with Crippen LogP contribution in [-0.4, -0.2) is 25.1 Å². The number of H-pyrrole nitrogens is 2. The van der Waals surface area contributed by atoms with Crippen LogP contribution >= 0.6 is 22.7 Å². The van der Waals surface area contributed by atoms with Crippen molar-refractivity contribution < 1.29 is 0 Å². The van der Waals surface area contributed by atoms with Gasteiger partial charge in [-0.3, -0.25) is 9.89 Å². The van der Waals surface area contributed by atoms with Crippen molar-refractivity contribution in [2.45, 2.75) is 6.92 Å². The highest BCUT2D eigenvalue weighted by Crippen LogP contribution is 2.32. The molecule has 8 heteroatoms. The number of thiophene rings is 1. The molecule has 104 valence electrons. The van der Waals surface area contributed by atoms with Gasteiger partial charge in [-0.1, -0.05) is 0 Å². The van der Waals surface area contributed by atoms with Crippen LogP contribution in [0.1, 0.15) is 5.69 Å². The van der Waals surface area contributed by atoms with E-state index in [0.29, 0.717) is 21.0 Å². The Hall–Kier alpha value is -2.32. The number of aryl methyl sites for hydroxylation is 1. The second-order valence-electron chi connectivity index (χ2n) is 4.49. The van der Waals surface area contributed by atoms with Gasteiger partial charge >= 0.3 is 0 Å². The lowest BCUT2D eigenvalue weighted by atomic mass is 10.2. The van der Waals surface area contributed by atoms with Gasteiger partial charge in [0, 0.05) is 27.7 Å². The van der Waals surface area contributed by atoms with E-state index < -0.39 is 0 Å². The van der Waals surface area contributed by atoms with Gasteiger partial charge in [0.15, 0.2) is 10.8 Å².